The van der Waals surface area contributed by atoms with Crippen molar-refractivity contribution in [3.8, 4) is 5.75 Å². The minimum Gasteiger partial charge on any atom is -0.489 e. The van der Waals surface area contributed by atoms with Crippen molar-refractivity contribution in [2.24, 2.45) is 0 Å². The second-order valence-electron chi connectivity index (χ2n) is 10.4. The van der Waals surface area contributed by atoms with Crippen molar-refractivity contribution < 1.29 is 14.3 Å². The van der Waals surface area contributed by atoms with E-state index in [1.165, 1.54) is 29.0 Å². The number of hydrogen-bond donors (Lipinski definition) is 1. The lowest BCUT2D eigenvalue weighted by molar-refractivity contribution is 0.0599. The molecular formula is C33H33NO3. The smallest absolute Gasteiger partial charge is 0.338 e. The first-order chi connectivity index (χ1) is 18.1. The normalized spacial score (nSPS) is 19.6. The lowest BCUT2D eigenvalue weighted by Crippen LogP contribution is -2.37. The molecule has 1 heterocycles. The van der Waals surface area contributed by atoms with E-state index in [0.717, 1.165) is 42.7 Å². The minimum atomic E-state index is -0.244. The number of esters is 1. The summed E-state index contributed by atoms with van der Waals surface area (Å²) in [5.41, 5.74) is 5.46. The van der Waals surface area contributed by atoms with Gasteiger partial charge in [-0.1, -0.05) is 72.8 Å². The highest BCUT2D eigenvalue weighted by Gasteiger charge is 2.33. The Hall–Kier alpha value is -3.63. The Kier molecular flexibility index (Phi) is 6.43. The Bertz CT molecular complexity index is 1440. The number of benzene rings is 4. The Morgan fingerprint density at radius 3 is 2.59 bits per heavy atom. The molecule has 2 aliphatic rings. The van der Waals surface area contributed by atoms with Gasteiger partial charge in [-0.2, -0.15) is 0 Å². The molecule has 0 saturated heterocycles. The predicted octanol–water partition coefficient (Wildman–Crippen LogP) is 7.14. The molecule has 1 aliphatic heterocycles. The molecule has 0 aromatic heterocycles. The predicted molar refractivity (Wildman–Crippen MR) is 147 cm³/mol. The zero-order chi connectivity index (χ0) is 25.4. The summed E-state index contributed by atoms with van der Waals surface area (Å²) in [5.74, 6) is 1.32. The first kappa shape index (κ1) is 23.7. The molecule has 4 nitrogen and oxygen atoms in total. The maximum atomic E-state index is 12.7. The zero-order valence-electron chi connectivity index (χ0n) is 21.4. The van der Waals surface area contributed by atoms with Crippen molar-refractivity contribution in [1.29, 1.82) is 0 Å². The van der Waals surface area contributed by atoms with Gasteiger partial charge in [0.2, 0.25) is 0 Å². The van der Waals surface area contributed by atoms with Crippen molar-refractivity contribution in [3.63, 3.8) is 0 Å². The first-order valence-corrected chi connectivity index (χ1v) is 13.3. The highest BCUT2D eigenvalue weighted by atomic mass is 16.5. The van der Waals surface area contributed by atoms with E-state index < -0.39 is 0 Å². The topological polar surface area (TPSA) is 47.6 Å². The maximum absolute atomic E-state index is 12.7. The number of fused-ring (bicyclic) bond motifs is 2. The number of hydrogen-bond acceptors (Lipinski definition) is 4. The van der Waals surface area contributed by atoms with Gasteiger partial charge in [0.15, 0.2) is 0 Å². The van der Waals surface area contributed by atoms with Crippen molar-refractivity contribution in [3.05, 3.63) is 113 Å². The molecule has 0 unspecified atom stereocenters. The summed E-state index contributed by atoms with van der Waals surface area (Å²) in [6.07, 6.45) is 3.15. The number of methoxy groups -OCH3 is 1. The number of carbonyl (C=O) groups excluding carboxylic acids is 1. The first-order valence-electron chi connectivity index (χ1n) is 13.3. The van der Waals surface area contributed by atoms with E-state index >= 15 is 0 Å². The maximum Gasteiger partial charge on any atom is 0.338 e. The van der Waals surface area contributed by atoms with E-state index in [0.29, 0.717) is 11.5 Å². The van der Waals surface area contributed by atoms with Crippen molar-refractivity contribution in [2.75, 3.05) is 13.7 Å². The van der Waals surface area contributed by atoms with Crippen LogP contribution in [0, 0.1) is 0 Å². The van der Waals surface area contributed by atoms with Gasteiger partial charge in [-0.25, -0.2) is 4.79 Å². The van der Waals surface area contributed by atoms with Gasteiger partial charge in [0.25, 0.3) is 0 Å². The SMILES string of the molecule is COC(=O)c1cc([C@H]2C[C@H](CN[C@H](C)c3cccc4ccccc34)Oc3ccccc32)ccc1C1CC1. The summed E-state index contributed by atoms with van der Waals surface area (Å²) >= 11 is 0. The van der Waals surface area contributed by atoms with Crippen LogP contribution in [0.1, 0.15) is 76.7 Å². The van der Waals surface area contributed by atoms with Gasteiger partial charge in [-0.05, 0) is 71.7 Å². The van der Waals surface area contributed by atoms with Crippen LogP contribution in [-0.4, -0.2) is 25.7 Å². The lowest BCUT2D eigenvalue weighted by atomic mass is 9.82. The second-order valence-corrected chi connectivity index (χ2v) is 10.4. The Labute approximate surface area is 218 Å². The third-order valence-electron chi connectivity index (χ3n) is 7.93. The van der Waals surface area contributed by atoms with Crippen LogP contribution in [0.3, 0.4) is 0 Å². The fraction of sp³-hybridized carbons (Fsp3) is 0.303. The fourth-order valence-electron chi connectivity index (χ4n) is 5.81. The molecule has 0 bridgehead atoms. The van der Waals surface area contributed by atoms with Crippen LogP contribution < -0.4 is 10.1 Å². The number of ether oxygens (including phenoxy) is 2. The molecule has 3 atom stereocenters. The van der Waals surface area contributed by atoms with Gasteiger partial charge >= 0.3 is 5.97 Å². The zero-order valence-corrected chi connectivity index (χ0v) is 21.4. The van der Waals surface area contributed by atoms with Crippen molar-refractivity contribution in [2.45, 2.75) is 50.2 Å². The van der Waals surface area contributed by atoms with Crippen molar-refractivity contribution >= 4 is 16.7 Å². The molecule has 4 aromatic carbocycles. The van der Waals surface area contributed by atoms with Gasteiger partial charge in [-0.3, -0.25) is 0 Å². The average Bonchev–Trinajstić information content (AvgIpc) is 3.80. The lowest BCUT2D eigenvalue weighted by Gasteiger charge is -2.33. The highest BCUT2D eigenvalue weighted by Crippen LogP contribution is 2.45. The Morgan fingerprint density at radius 1 is 0.973 bits per heavy atom. The summed E-state index contributed by atoms with van der Waals surface area (Å²) in [7, 11) is 1.47. The molecule has 6 rings (SSSR count). The summed E-state index contributed by atoms with van der Waals surface area (Å²) < 4.78 is 11.6. The van der Waals surface area contributed by atoms with E-state index in [2.05, 4.69) is 91.1 Å². The number of nitrogens with one attached hydrogen (secondary N) is 1. The number of para-hydroxylation sites is 1. The monoisotopic (exact) mass is 491 g/mol. The van der Waals surface area contributed by atoms with Crippen LogP contribution in [0.4, 0.5) is 0 Å². The molecule has 37 heavy (non-hydrogen) atoms. The fourth-order valence-corrected chi connectivity index (χ4v) is 5.81. The standard InChI is InChI=1S/C33H33NO3/c1-21(26-12-7-9-22-8-3-4-10-27(22)26)34-20-25-19-30(29-11-5-6-13-32(29)37-25)24-16-17-28(23-14-15-23)31(18-24)33(35)36-2/h3-13,16-18,21,23,25,30,34H,14-15,19-20H2,1-2H3/t21-,25-,30-/m1/s1. The van der Waals surface area contributed by atoms with E-state index in [1.807, 2.05) is 6.07 Å². The Morgan fingerprint density at radius 2 is 1.76 bits per heavy atom. The largest absolute Gasteiger partial charge is 0.489 e. The number of carbonyl (C=O) groups is 1. The molecule has 4 heteroatoms. The molecule has 1 aliphatic carbocycles. The third kappa shape index (κ3) is 4.74. The molecular weight excluding hydrogens is 458 g/mol. The van der Waals surface area contributed by atoms with Crippen LogP contribution in [0.25, 0.3) is 10.8 Å². The molecule has 1 fully saturated rings. The van der Waals surface area contributed by atoms with Gasteiger partial charge in [0, 0.05) is 24.1 Å². The molecule has 0 spiro atoms. The van der Waals surface area contributed by atoms with Crippen molar-refractivity contribution in [1.82, 2.24) is 5.32 Å². The van der Waals surface area contributed by atoms with Gasteiger partial charge in [0.1, 0.15) is 11.9 Å². The molecule has 0 radical (unpaired) electrons. The molecule has 0 amide bonds. The van der Waals surface area contributed by atoms with E-state index in [4.69, 9.17) is 9.47 Å². The molecule has 188 valence electrons. The highest BCUT2D eigenvalue weighted by molar-refractivity contribution is 5.91. The minimum absolute atomic E-state index is 0.0158. The van der Waals surface area contributed by atoms with Crippen LogP contribution in [0.15, 0.2) is 84.9 Å². The molecule has 4 aromatic rings. The molecule has 1 N–H and O–H groups in total. The van der Waals surface area contributed by atoms with Gasteiger partial charge in [-0.15, -0.1) is 0 Å². The summed E-state index contributed by atoms with van der Waals surface area (Å²) in [6, 6.07) is 29.9. The van der Waals surface area contributed by atoms with E-state index in [1.54, 1.807) is 0 Å². The average molecular weight is 492 g/mol. The van der Waals surface area contributed by atoms with E-state index in [-0.39, 0.29) is 24.0 Å². The van der Waals surface area contributed by atoms with E-state index in [9.17, 15) is 4.79 Å². The van der Waals surface area contributed by atoms with Crippen LogP contribution in [0.5, 0.6) is 5.75 Å². The summed E-state index contributed by atoms with van der Waals surface area (Å²) in [6.45, 7) is 2.95. The van der Waals surface area contributed by atoms with Gasteiger partial charge in [0.05, 0.1) is 12.7 Å². The van der Waals surface area contributed by atoms with Crippen LogP contribution >= 0.6 is 0 Å². The molecule has 1 saturated carbocycles. The third-order valence-corrected chi connectivity index (χ3v) is 7.93. The Balaban J connectivity index is 1.26. The van der Waals surface area contributed by atoms with Gasteiger partial charge < -0.3 is 14.8 Å². The van der Waals surface area contributed by atoms with Crippen LogP contribution in [0.2, 0.25) is 0 Å². The number of rotatable bonds is 7. The summed E-state index contributed by atoms with van der Waals surface area (Å²) in [4.78, 5) is 12.7. The second kappa shape index (κ2) is 10.0. The quantitative estimate of drug-likeness (QED) is 0.279. The summed E-state index contributed by atoms with van der Waals surface area (Å²) in [5, 5.41) is 6.27. The van der Waals surface area contributed by atoms with Crippen LogP contribution in [-0.2, 0) is 4.74 Å².